The molecular weight excluding hydrogens is 457 g/mol. The van der Waals surface area contributed by atoms with Gasteiger partial charge in [-0.3, -0.25) is 9.59 Å². The van der Waals surface area contributed by atoms with Gasteiger partial charge in [-0.25, -0.2) is 4.39 Å². The van der Waals surface area contributed by atoms with Gasteiger partial charge in [0.2, 0.25) is 5.91 Å². The van der Waals surface area contributed by atoms with Crippen LogP contribution < -0.4 is 10.1 Å². The zero-order chi connectivity index (χ0) is 25.3. The van der Waals surface area contributed by atoms with Crippen LogP contribution >= 0.6 is 0 Å². The maximum Gasteiger partial charge on any atom is 0.271 e. The number of methoxy groups -OCH3 is 1. The molecule has 2 heterocycles. The van der Waals surface area contributed by atoms with Crippen molar-refractivity contribution in [2.45, 2.75) is 76.5 Å². The number of nitrogens with zero attached hydrogens (tertiary/aromatic N) is 2. The van der Waals surface area contributed by atoms with Crippen molar-refractivity contribution in [3.05, 3.63) is 65.6 Å². The first-order valence-electron chi connectivity index (χ1n) is 12.9. The van der Waals surface area contributed by atoms with E-state index in [1.165, 1.54) is 25.3 Å². The summed E-state index contributed by atoms with van der Waals surface area (Å²) in [5.41, 5.74) is 0.533. The van der Waals surface area contributed by atoms with Gasteiger partial charge in [-0.05, 0) is 44.0 Å². The van der Waals surface area contributed by atoms with E-state index in [-0.39, 0.29) is 36.8 Å². The minimum Gasteiger partial charge on any atom is -0.497 e. The van der Waals surface area contributed by atoms with Gasteiger partial charge in [-0.15, -0.1) is 0 Å². The molecule has 1 aliphatic carbocycles. The van der Waals surface area contributed by atoms with Gasteiger partial charge < -0.3 is 19.5 Å². The molecule has 0 unspecified atom stereocenters. The van der Waals surface area contributed by atoms with E-state index >= 15 is 0 Å². The molecule has 2 amide bonds. The molecule has 5 rings (SSSR count). The Morgan fingerprint density at radius 1 is 1.08 bits per heavy atom. The van der Waals surface area contributed by atoms with Gasteiger partial charge in [0.25, 0.3) is 5.91 Å². The Morgan fingerprint density at radius 2 is 1.81 bits per heavy atom. The van der Waals surface area contributed by atoms with Gasteiger partial charge in [-0.1, -0.05) is 50.3 Å². The summed E-state index contributed by atoms with van der Waals surface area (Å²) in [7, 11) is 1.61. The molecule has 1 aromatic heterocycles. The van der Waals surface area contributed by atoms with Crippen LogP contribution in [-0.4, -0.2) is 40.0 Å². The van der Waals surface area contributed by atoms with Gasteiger partial charge in [0.05, 0.1) is 25.7 Å². The first-order valence-corrected chi connectivity index (χ1v) is 12.9. The summed E-state index contributed by atoms with van der Waals surface area (Å²) in [4.78, 5) is 29.5. The zero-order valence-electron chi connectivity index (χ0n) is 21.1. The number of hydrogen-bond donors (Lipinski definition) is 1. The summed E-state index contributed by atoms with van der Waals surface area (Å²) < 4.78 is 22.0. The number of aromatic nitrogens is 1. The van der Waals surface area contributed by atoms with Crippen molar-refractivity contribution < 1.29 is 18.7 Å². The number of fused-ring (bicyclic) bond motifs is 3. The molecule has 0 bridgehead atoms. The second-order valence-corrected chi connectivity index (χ2v) is 10.3. The highest BCUT2D eigenvalue weighted by Crippen LogP contribution is 2.35. The highest BCUT2D eigenvalue weighted by atomic mass is 19.1. The SMILES string of the molecule is COc1ccc2cc3n(c2c1)C[C@@](C)(C(=O)NC1CCCCCCC1)N(Cc1ccccc1F)C3=O. The number of carbonyl (C=O) groups excluding carboxylic acids is 2. The minimum atomic E-state index is -1.19. The van der Waals surface area contributed by atoms with E-state index in [2.05, 4.69) is 5.32 Å². The molecule has 1 N–H and O–H groups in total. The maximum atomic E-state index is 14.7. The normalized spacial score (nSPS) is 21.1. The molecule has 2 aliphatic rings. The molecule has 3 aromatic rings. The summed E-state index contributed by atoms with van der Waals surface area (Å²) >= 11 is 0. The summed E-state index contributed by atoms with van der Waals surface area (Å²) in [6.45, 7) is 2.10. The number of rotatable bonds is 5. The van der Waals surface area contributed by atoms with Crippen LogP contribution in [0.1, 0.15) is 67.9 Å². The highest BCUT2D eigenvalue weighted by molar-refractivity contribution is 6.03. The predicted molar refractivity (Wildman–Crippen MR) is 137 cm³/mol. The highest BCUT2D eigenvalue weighted by Gasteiger charge is 2.48. The average molecular weight is 492 g/mol. The zero-order valence-corrected chi connectivity index (χ0v) is 21.1. The van der Waals surface area contributed by atoms with E-state index in [1.807, 2.05) is 28.8 Å². The molecule has 2 aromatic carbocycles. The van der Waals surface area contributed by atoms with Crippen LogP contribution in [0.4, 0.5) is 4.39 Å². The predicted octanol–water partition coefficient (Wildman–Crippen LogP) is 5.43. The third-order valence-electron chi connectivity index (χ3n) is 7.85. The van der Waals surface area contributed by atoms with E-state index in [4.69, 9.17) is 4.74 Å². The van der Waals surface area contributed by atoms with E-state index in [1.54, 1.807) is 37.1 Å². The number of amides is 2. The fourth-order valence-corrected chi connectivity index (χ4v) is 5.64. The Hall–Kier alpha value is -3.35. The molecule has 0 spiro atoms. The minimum absolute atomic E-state index is 0.0188. The topological polar surface area (TPSA) is 63.6 Å². The Bertz CT molecular complexity index is 1280. The molecule has 0 radical (unpaired) electrons. The smallest absolute Gasteiger partial charge is 0.271 e. The number of halogens is 1. The van der Waals surface area contributed by atoms with Crippen molar-refractivity contribution in [1.82, 2.24) is 14.8 Å². The van der Waals surface area contributed by atoms with Gasteiger partial charge in [-0.2, -0.15) is 0 Å². The number of hydrogen-bond acceptors (Lipinski definition) is 3. The van der Waals surface area contributed by atoms with Gasteiger partial charge in [0.1, 0.15) is 22.8 Å². The molecule has 36 heavy (non-hydrogen) atoms. The Labute approximate surface area is 211 Å². The molecule has 190 valence electrons. The summed E-state index contributed by atoms with van der Waals surface area (Å²) in [5.74, 6) is -0.169. The van der Waals surface area contributed by atoms with E-state index in [9.17, 15) is 14.0 Å². The largest absolute Gasteiger partial charge is 0.497 e. The lowest BCUT2D eigenvalue weighted by Crippen LogP contribution is -2.64. The van der Waals surface area contributed by atoms with Crippen molar-refractivity contribution in [3.63, 3.8) is 0 Å². The van der Waals surface area contributed by atoms with Gasteiger partial charge in [0.15, 0.2) is 0 Å². The van der Waals surface area contributed by atoms with Crippen molar-refractivity contribution in [1.29, 1.82) is 0 Å². The third kappa shape index (κ3) is 4.47. The van der Waals surface area contributed by atoms with Gasteiger partial charge in [0, 0.05) is 23.1 Å². The first-order chi connectivity index (χ1) is 17.4. The van der Waals surface area contributed by atoms with Crippen molar-refractivity contribution in [2.75, 3.05) is 7.11 Å². The Kier molecular flexibility index (Phi) is 6.73. The quantitative estimate of drug-likeness (QED) is 0.518. The monoisotopic (exact) mass is 491 g/mol. The maximum absolute atomic E-state index is 14.7. The molecule has 1 atom stereocenters. The van der Waals surface area contributed by atoms with Crippen LogP contribution in [-0.2, 0) is 17.9 Å². The van der Waals surface area contributed by atoms with Crippen molar-refractivity contribution >= 4 is 22.7 Å². The molecule has 6 nitrogen and oxygen atoms in total. The lowest BCUT2D eigenvalue weighted by molar-refractivity contribution is -0.134. The summed E-state index contributed by atoms with van der Waals surface area (Å²) in [6, 6.07) is 14.0. The van der Waals surface area contributed by atoms with Crippen LogP contribution in [0.2, 0.25) is 0 Å². The number of ether oxygens (including phenoxy) is 1. The number of nitrogens with one attached hydrogen (secondary N) is 1. The fraction of sp³-hybridized carbons (Fsp3) is 0.448. The average Bonchev–Trinajstić information content (AvgIpc) is 3.21. The van der Waals surface area contributed by atoms with Crippen molar-refractivity contribution in [3.8, 4) is 5.75 Å². The Morgan fingerprint density at radius 3 is 2.53 bits per heavy atom. The molecule has 1 fully saturated rings. The summed E-state index contributed by atoms with van der Waals surface area (Å²) in [5, 5.41) is 4.17. The molecular formula is C29H34FN3O3. The molecule has 1 saturated carbocycles. The van der Waals surface area contributed by atoms with Crippen molar-refractivity contribution in [2.24, 2.45) is 0 Å². The molecule has 0 saturated heterocycles. The van der Waals surface area contributed by atoms with Gasteiger partial charge >= 0.3 is 0 Å². The first kappa shape index (κ1) is 24.3. The van der Waals surface area contributed by atoms with Crippen LogP contribution in [0, 0.1) is 5.82 Å². The second-order valence-electron chi connectivity index (χ2n) is 10.3. The van der Waals surface area contributed by atoms with E-state index in [0.29, 0.717) is 17.0 Å². The molecule has 7 heteroatoms. The van der Waals surface area contributed by atoms with E-state index in [0.717, 1.165) is 36.6 Å². The van der Waals surface area contributed by atoms with Crippen LogP contribution in [0.5, 0.6) is 5.75 Å². The van der Waals surface area contributed by atoms with E-state index < -0.39 is 5.54 Å². The standard InChI is InChI=1S/C29H34FN3O3/c1-29(28(35)31-22-11-6-4-3-5-7-12-22)19-32-25-17-23(36-2)15-14-20(25)16-26(32)27(34)33(29)18-21-10-8-9-13-24(21)30/h8-10,13-17,22H,3-7,11-12,18-19H2,1-2H3,(H,31,35)/t29-/m0/s1. The summed E-state index contributed by atoms with van der Waals surface area (Å²) in [6.07, 6.45) is 7.67. The molecule has 1 aliphatic heterocycles. The number of benzene rings is 2. The van der Waals surface area contributed by atoms with Crippen LogP contribution in [0.3, 0.4) is 0 Å². The third-order valence-corrected chi connectivity index (χ3v) is 7.85. The lowest BCUT2D eigenvalue weighted by Gasteiger charge is -2.44. The fourth-order valence-electron chi connectivity index (χ4n) is 5.64. The van der Waals surface area contributed by atoms with Crippen LogP contribution in [0.25, 0.3) is 10.9 Å². The second kappa shape index (κ2) is 9.96. The lowest BCUT2D eigenvalue weighted by atomic mass is 9.91. The number of carbonyl (C=O) groups is 2. The van der Waals surface area contributed by atoms with Crippen LogP contribution in [0.15, 0.2) is 48.5 Å². The Balaban J connectivity index is 1.55.